The lowest BCUT2D eigenvalue weighted by Gasteiger charge is -2.27. The highest BCUT2D eigenvalue weighted by Crippen LogP contribution is 2.73. The van der Waals surface area contributed by atoms with Crippen LogP contribution in [0.5, 0.6) is 0 Å². The highest BCUT2D eigenvalue weighted by Gasteiger charge is 2.44. The van der Waals surface area contributed by atoms with Crippen molar-refractivity contribution in [2.45, 2.75) is 68.2 Å². The van der Waals surface area contributed by atoms with Crippen LogP contribution in [0, 0.1) is 10.8 Å². The molecular weight excluding hydrogens is 295 g/mol. The number of rotatable bonds is 2. The smallest absolute Gasteiger partial charge is 0.0567 e. The second-order valence-corrected chi connectivity index (χ2v) is 13.9. The van der Waals surface area contributed by atoms with Crippen LogP contribution >= 0.6 is 7.26 Å². The molecule has 0 saturated heterocycles. The molecule has 0 bridgehead atoms. The Balaban J connectivity index is 2.29. The summed E-state index contributed by atoms with van der Waals surface area (Å²) in [5.74, 6) is 0. The van der Waals surface area contributed by atoms with Crippen molar-refractivity contribution in [2.75, 3.05) is 13.3 Å². The highest BCUT2D eigenvalue weighted by molar-refractivity contribution is 7.82. The molecule has 0 spiro atoms. The van der Waals surface area contributed by atoms with Crippen LogP contribution in [-0.4, -0.2) is 13.3 Å². The Bertz CT molecular complexity index is 578. The number of hydrogen-bond acceptors (Lipinski definition) is 0. The van der Waals surface area contributed by atoms with E-state index in [2.05, 4.69) is 80.9 Å². The Morgan fingerprint density at radius 1 is 0.696 bits per heavy atom. The monoisotopic (exact) mass is 331 g/mol. The molecule has 0 amide bonds. The average Bonchev–Trinajstić information content (AvgIpc) is 2.91. The zero-order chi connectivity index (χ0) is 17.8. The van der Waals surface area contributed by atoms with Crippen molar-refractivity contribution in [1.29, 1.82) is 0 Å². The van der Waals surface area contributed by atoms with Crippen molar-refractivity contribution < 1.29 is 0 Å². The molecule has 0 aromatic heterocycles. The molecule has 2 aliphatic carbocycles. The molecule has 0 aromatic rings. The molecule has 0 saturated carbocycles. The maximum Gasteiger partial charge on any atom is 0.0828 e. The molecule has 0 heterocycles. The molecule has 2 rings (SSSR count). The maximum atomic E-state index is 2.55. The predicted molar refractivity (Wildman–Crippen MR) is 108 cm³/mol. The van der Waals surface area contributed by atoms with Crippen molar-refractivity contribution in [3.8, 4) is 0 Å². The van der Waals surface area contributed by atoms with Gasteiger partial charge in [-0.05, 0) is 35.8 Å². The van der Waals surface area contributed by atoms with Crippen LogP contribution < -0.4 is 0 Å². The molecule has 23 heavy (non-hydrogen) atoms. The molecule has 0 radical (unpaired) electrons. The lowest BCUT2D eigenvalue weighted by molar-refractivity contribution is 0.495. The van der Waals surface area contributed by atoms with E-state index in [9.17, 15) is 0 Å². The fraction of sp³-hybridized carbons (Fsp3) is 0.636. The summed E-state index contributed by atoms with van der Waals surface area (Å²) in [6.45, 7) is 23.8. The molecule has 0 aliphatic heterocycles. The lowest BCUT2D eigenvalue weighted by Crippen LogP contribution is -2.10. The summed E-state index contributed by atoms with van der Waals surface area (Å²) in [6.07, 6.45) is 7.33. The van der Waals surface area contributed by atoms with E-state index in [1.165, 1.54) is 24.0 Å². The first kappa shape index (κ1) is 18.7. The number of hydrogen-bond donors (Lipinski definition) is 0. The van der Waals surface area contributed by atoms with Gasteiger partial charge in [0.1, 0.15) is 0 Å². The molecule has 0 N–H and O–H groups in total. The van der Waals surface area contributed by atoms with Gasteiger partial charge in [-0.3, -0.25) is 0 Å². The van der Waals surface area contributed by atoms with Gasteiger partial charge in [-0.15, -0.1) is 0 Å². The zero-order valence-corrected chi connectivity index (χ0v) is 17.9. The molecule has 2 aliphatic rings. The molecule has 128 valence electrons. The van der Waals surface area contributed by atoms with Gasteiger partial charge in [0.05, 0.1) is 31.2 Å². The minimum atomic E-state index is -1.21. The Morgan fingerprint density at radius 2 is 1.00 bits per heavy atom. The summed E-state index contributed by atoms with van der Waals surface area (Å²) in [6, 6.07) is 0. The van der Waals surface area contributed by atoms with Crippen LogP contribution in [0.1, 0.15) is 68.2 Å². The average molecular weight is 332 g/mol. The van der Waals surface area contributed by atoms with Crippen molar-refractivity contribution in [3.63, 3.8) is 0 Å². The van der Waals surface area contributed by atoms with E-state index in [4.69, 9.17) is 0 Å². The summed E-state index contributed by atoms with van der Waals surface area (Å²) in [5, 5.41) is 3.47. The van der Waals surface area contributed by atoms with Crippen LogP contribution in [0.4, 0.5) is 0 Å². The van der Waals surface area contributed by atoms with Gasteiger partial charge in [0, 0.05) is 12.8 Å². The Labute approximate surface area is 145 Å². The van der Waals surface area contributed by atoms with Crippen LogP contribution in [0.15, 0.2) is 45.1 Å². The minimum Gasteiger partial charge on any atom is -0.0567 e. The van der Waals surface area contributed by atoms with Gasteiger partial charge >= 0.3 is 0 Å². The van der Waals surface area contributed by atoms with Crippen molar-refractivity contribution in [1.82, 2.24) is 0 Å². The van der Waals surface area contributed by atoms with E-state index >= 15 is 0 Å². The Kier molecular flexibility index (Phi) is 4.67. The van der Waals surface area contributed by atoms with E-state index < -0.39 is 7.26 Å². The molecule has 0 aromatic carbocycles. The first-order chi connectivity index (χ1) is 10.2. The minimum absolute atomic E-state index is 0.289. The molecular formula is C22H36P+. The normalized spacial score (nSPS) is 20.4. The summed E-state index contributed by atoms with van der Waals surface area (Å²) in [7, 11) is -1.21. The largest absolute Gasteiger partial charge is 0.0828 e. The predicted octanol–water partition coefficient (Wildman–Crippen LogP) is 7.56. The Hall–Kier alpha value is -0.610. The first-order valence-corrected chi connectivity index (χ1v) is 11.6. The fourth-order valence-corrected chi connectivity index (χ4v) is 7.18. The third-order valence-corrected chi connectivity index (χ3v) is 9.40. The fourth-order valence-electron chi connectivity index (χ4n) is 3.83. The number of allylic oxidation sites excluding steroid dienone is 8. The van der Waals surface area contributed by atoms with E-state index in [1.54, 1.807) is 21.8 Å². The standard InChI is InChI=1S/C22H36P/c1-15-11-17(21(3,4)5)13-19(15)23(9,10)20-14-18(12-16(20)2)22(6,7)8/h11-12H,13-14H2,1-10H3/q+1. The van der Waals surface area contributed by atoms with E-state index in [1.807, 2.05) is 0 Å². The quantitative estimate of drug-likeness (QED) is 0.458. The lowest BCUT2D eigenvalue weighted by atomic mass is 9.86. The second-order valence-electron chi connectivity index (χ2n) is 9.91. The first-order valence-electron chi connectivity index (χ1n) is 8.91. The summed E-state index contributed by atoms with van der Waals surface area (Å²) in [4.78, 5) is 0. The third-order valence-electron chi connectivity index (χ3n) is 5.68. The van der Waals surface area contributed by atoms with Crippen molar-refractivity contribution in [3.05, 3.63) is 45.1 Å². The molecule has 0 unspecified atom stereocenters. The van der Waals surface area contributed by atoms with Gasteiger partial charge < -0.3 is 0 Å². The Morgan fingerprint density at radius 3 is 1.22 bits per heavy atom. The van der Waals surface area contributed by atoms with E-state index in [-0.39, 0.29) is 10.8 Å². The molecule has 0 atom stereocenters. The molecule has 1 heteroatoms. The second kappa shape index (κ2) is 5.73. The van der Waals surface area contributed by atoms with Gasteiger partial charge in [0.15, 0.2) is 0 Å². The van der Waals surface area contributed by atoms with Crippen molar-refractivity contribution >= 4 is 7.26 Å². The SMILES string of the molecule is CC1=C([P+](C)(C)C2=C(C)C=C(C(C)(C)C)C2)CC(C(C)(C)C)=C1. The van der Waals surface area contributed by atoms with Gasteiger partial charge in [0.2, 0.25) is 0 Å². The maximum absolute atomic E-state index is 2.55. The summed E-state index contributed by atoms with van der Waals surface area (Å²) in [5.41, 5.74) is 6.88. The molecule has 0 nitrogen and oxygen atoms in total. The van der Waals surface area contributed by atoms with Crippen LogP contribution in [0.3, 0.4) is 0 Å². The van der Waals surface area contributed by atoms with Gasteiger partial charge in [-0.25, -0.2) is 0 Å². The van der Waals surface area contributed by atoms with Crippen LogP contribution in [-0.2, 0) is 0 Å². The third kappa shape index (κ3) is 3.58. The van der Waals surface area contributed by atoms with Gasteiger partial charge in [0.25, 0.3) is 0 Å². The molecule has 0 fully saturated rings. The van der Waals surface area contributed by atoms with Crippen molar-refractivity contribution in [2.24, 2.45) is 10.8 Å². The topological polar surface area (TPSA) is 0 Å². The zero-order valence-electron chi connectivity index (χ0n) is 17.0. The van der Waals surface area contributed by atoms with E-state index in [0.29, 0.717) is 0 Å². The van der Waals surface area contributed by atoms with Gasteiger partial charge in [-0.2, -0.15) is 0 Å². The van der Waals surface area contributed by atoms with Gasteiger partial charge in [-0.1, -0.05) is 64.8 Å². The van der Waals surface area contributed by atoms with Crippen LogP contribution in [0.2, 0.25) is 0 Å². The summed E-state index contributed by atoms with van der Waals surface area (Å²) < 4.78 is 0. The van der Waals surface area contributed by atoms with E-state index in [0.717, 1.165) is 0 Å². The highest BCUT2D eigenvalue weighted by atomic mass is 31.2. The summed E-state index contributed by atoms with van der Waals surface area (Å²) >= 11 is 0. The van der Waals surface area contributed by atoms with Crippen LogP contribution in [0.25, 0.3) is 0 Å².